The van der Waals surface area contributed by atoms with Crippen molar-refractivity contribution in [1.82, 2.24) is 4.98 Å². The molecule has 0 spiro atoms. The van der Waals surface area contributed by atoms with Gasteiger partial charge in [-0.05, 0) is 54.7 Å². The van der Waals surface area contributed by atoms with Crippen LogP contribution in [-0.4, -0.2) is 15.9 Å². The van der Waals surface area contributed by atoms with Gasteiger partial charge in [-0.15, -0.1) is 0 Å². The summed E-state index contributed by atoms with van der Waals surface area (Å²) in [5.74, 6) is 0. The van der Waals surface area contributed by atoms with Crippen LogP contribution in [-0.2, 0) is 6.18 Å². The van der Waals surface area contributed by atoms with Gasteiger partial charge in [0.2, 0.25) is 0 Å². The highest BCUT2D eigenvalue weighted by molar-refractivity contribution is 9.10. The predicted octanol–water partition coefficient (Wildman–Crippen LogP) is 5.75. The van der Waals surface area contributed by atoms with Crippen LogP contribution in [0.5, 0.6) is 0 Å². The van der Waals surface area contributed by atoms with Crippen molar-refractivity contribution >= 4 is 34.1 Å². The Bertz CT molecular complexity index is 454. The lowest BCUT2D eigenvalue weighted by Crippen LogP contribution is -2.08. The molecule has 0 aromatic carbocycles. The number of rotatable bonds is 2. The summed E-state index contributed by atoms with van der Waals surface area (Å²) in [5, 5.41) is 0. The number of alkyl halides is 3. The molecule has 1 rings (SSSR count). The molecule has 7 heteroatoms. The van der Waals surface area contributed by atoms with E-state index in [0.29, 0.717) is 10.0 Å². The van der Waals surface area contributed by atoms with Gasteiger partial charge in [0, 0.05) is 27.2 Å². The summed E-state index contributed by atoms with van der Waals surface area (Å²) < 4.78 is 41.9. The fourth-order valence-electron chi connectivity index (χ4n) is 0.949. The van der Waals surface area contributed by atoms with E-state index in [1.54, 1.807) is 0 Å². The molecule has 0 aliphatic heterocycles. The van der Waals surface area contributed by atoms with Crippen molar-refractivity contribution in [1.29, 1.82) is 0 Å². The molecule has 0 radical (unpaired) electrons. The van der Waals surface area contributed by atoms with Crippen LogP contribution in [0.4, 0.5) is 13.2 Å². The maximum absolute atomic E-state index is 12.5. The SMILES string of the molecule is CC.CC(C)(C)S/N=C/c1cc(C(F)(F)F)ncc1Br. The first-order chi connectivity index (χ1) is 9.09. The molecule has 0 N–H and O–H groups in total. The van der Waals surface area contributed by atoms with Gasteiger partial charge in [-0.3, -0.25) is 4.98 Å². The molecule has 1 aromatic rings. The van der Waals surface area contributed by atoms with Crippen LogP contribution in [0.1, 0.15) is 45.9 Å². The highest BCUT2D eigenvalue weighted by Gasteiger charge is 2.32. The average Bonchev–Trinajstić information content (AvgIpc) is 2.31. The van der Waals surface area contributed by atoms with Gasteiger partial charge < -0.3 is 0 Å². The molecule has 0 aliphatic carbocycles. The summed E-state index contributed by atoms with van der Waals surface area (Å²) in [6.07, 6.45) is -1.91. The van der Waals surface area contributed by atoms with Crippen LogP contribution in [0, 0.1) is 0 Å². The summed E-state index contributed by atoms with van der Waals surface area (Å²) in [6.45, 7) is 9.91. The van der Waals surface area contributed by atoms with Crippen molar-refractivity contribution in [3.05, 3.63) is 28.0 Å². The smallest absolute Gasteiger partial charge is 0.251 e. The Balaban J connectivity index is 0.00000172. The first kappa shape index (κ1) is 19.4. The van der Waals surface area contributed by atoms with Gasteiger partial charge in [0.25, 0.3) is 0 Å². The number of nitrogens with zero attached hydrogens (tertiary/aromatic N) is 2. The largest absolute Gasteiger partial charge is 0.433 e. The first-order valence-electron chi connectivity index (χ1n) is 6.04. The molecule has 1 heterocycles. The zero-order chi connectivity index (χ0) is 16.0. The van der Waals surface area contributed by atoms with E-state index in [1.165, 1.54) is 18.2 Å². The molecule has 0 unspecified atom stereocenters. The quantitative estimate of drug-likeness (QED) is 0.488. The van der Waals surface area contributed by atoms with Crippen LogP contribution in [0.25, 0.3) is 0 Å². The van der Waals surface area contributed by atoms with Gasteiger partial charge in [-0.25, -0.2) is 4.40 Å². The normalized spacial score (nSPS) is 12.2. The molecule has 114 valence electrons. The van der Waals surface area contributed by atoms with E-state index in [9.17, 15) is 13.2 Å². The van der Waals surface area contributed by atoms with Crippen molar-refractivity contribution in [2.75, 3.05) is 0 Å². The van der Waals surface area contributed by atoms with Crippen LogP contribution in [0.15, 0.2) is 21.1 Å². The van der Waals surface area contributed by atoms with Gasteiger partial charge in [0.05, 0.1) is 0 Å². The molecule has 2 nitrogen and oxygen atoms in total. The second-order valence-electron chi connectivity index (χ2n) is 4.53. The van der Waals surface area contributed by atoms with E-state index in [4.69, 9.17) is 0 Å². The summed E-state index contributed by atoms with van der Waals surface area (Å²) in [4.78, 5) is 3.33. The first-order valence-corrected chi connectivity index (χ1v) is 7.60. The highest BCUT2D eigenvalue weighted by Crippen LogP contribution is 2.30. The average molecular weight is 371 g/mol. The molecular weight excluding hydrogens is 353 g/mol. The Morgan fingerprint density at radius 1 is 1.25 bits per heavy atom. The molecule has 0 bridgehead atoms. The minimum atomic E-state index is -4.44. The number of halogens is 4. The molecular formula is C13H18BrF3N2S. The van der Waals surface area contributed by atoms with Crippen molar-refractivity contribution in [3.8, 4) is 0 Å². The van der Waals surface area contributed by atoms with Gasteiger partial charge >= 0.3 is 6.18 Å². The lowest BCUT2D eigenvalue weighted by molar-refractivity contribution is -0.141. The Morgan fingerprint density at radius 2 is 1.80 bits per heavy atom. The van der Waals surface area contributed by atoms with Crippen molar-refractivity contribution < 1.29 is 13.2 Å². The second-order valence-corrected chi connectivity index (χ2v) is 7.00. The minimum Gasteiger partial charge on any atom is -0.251 e. The molecule has 0 saturated carbocycles. The molecule has 0 atom stereocenters. The lowest BCUT2D eigenvalue weighted by Gasteiger charge is -2.12. The third-order valence-electron chi connectivity index (χ3n) is 1.69. The predicted molar refractivity (Wildman–Crippen MR) is 83.2 cm³/mol. The Labute approximate surface area is 130 Å². The Morgan fingerprint density at radius 3 is 2.25 bits per heavy atom. The van der Waals surface area contributed by atoms with E-state index in [1.807, 2.05) is 34.6 Å². The third kappa shape index (κ3) is 7.28. The van der Waals surface area contributed by atoms with E-state index in [0.717, 1.165) is 12.3 Å². The van der Waals surface area contributed by atoms with Gasteiger partial charge in [-0.2, -0.15) is 13.2 Å². The fraction of sp³-hybridized carbons (Fsp3) is 0.538. The molecule has 20 heavy (non-hydrogen) atoms. The molecule has 1 aromatic heterocycles. The molecule has 0 fully saturated rings. The van der Waals surface area contributed by atoms with Crippen LogP contribution < -0.4 is 0 Å². The second kappa shape index (κ2) is 8.02. The van der Waals surface area contributed by atoms with E-state index in [2.05, 4.69) is 25.3 Å². The zero-order valence-corrected chi connectivity index (χ0v) is 14.4. The Hall–Kier alpha value is -0.560. The van der Waals surface area contributed by atoms with Gasteiger partial charge in [0.1, 0.15) is 5.69 Å². The minimum absolute atomic E-state index is 0.0805. The summed E-state index contributed by atoms with van der Waals surface area (Å²) >= 11 is 4.44. The number of hydrogen-bond donors (Lipinski definition) is 0. The van der Waals surface area contributed by atoms with Crippen molar-refractivity contribution in [3.63, 3.8) is 0 Å². The summed E-state index contributed by atoms with van der Waals surface area (Å²) in [7, 11) is 0. The molecule has 0 aliphatic rings. The van der Waals surface area contributed by atoms with E-state index >= 15 is 0 Å². The summed E-state index contributed by atoms with van der Waals surface area (Å²) in [6, 6.07) is 0.969. The third-order valence-corrected chi connectivity index (χ3v) is 3.11. The monoisotopic (exact) mass is 370 g/mol. The van der Waals surface area contributed by atoms with E-state index in [-0.39, 0.29) is 4.75 Å². The maximum Gasteiger partial charge on any atom is 0.433 e. The number of pyridine rings is 1. The van der Waals surface area contributed by atoms with E-state index < -0.39 is 11.9 Å². The van der Waals surface area contributed by atoms with Crippen molar-refractivity contribution in [2.24, 2.45) is 4.40 Å². The van der Waals surface area contributed by atoms with Gasteiger partial charge in [0.15, 0.2) is 0 Å². The Kier molecular flexibility index (Phi) is 7.80. The van der Waals surface area contributed by atoms with Crippen molar-refractivity contribution in [2.45, 2.75) is 45.5 Å². The molecule has 0 amide bonds. The molecule has 0 saturated heterocycles. The van der Waals surface area contributed by atoms with Gasteiger partial charge in [-0.1, -0.05) is 13.8 Å². The van der Waals surface area contributed by atoms with Crippen LogP contribution in [0.2, 0.25) is 0 Å². The zero-order valence-electron chi connectivity index (χ0n) is 12.0. The van der Waals surface area contributed by atoms with Crippen LogP contribution in [0.3, 0.4) is 0 Å². The van der Waals surface area contributed by atoms with Crippen LogP contribution >= 0.6 is 27.9 Å². The lowest BCUT2D eigenvalue weighted by atomic mass is 10.2. The highest BCUT2D eigenvalue weighted by atomic mass is 79.9. The number of hydrogen-bond acceptors (Lipinski definition) is 3. The topological polar surface area (TPSA) is 25.2 Å². The number of aromatic nitrogens is 1. The summed E-state index contributed by atoms with van der Waals surface area (Å²) in [5.41, 5.74) is -0.568. The maximum atomic E-state index is 12.5. The fourth-order valence-corrected chi connectivity index (χ4v) is 1.75. The standard InChI is InChI=1S/C11H12BrF3N2S.C2H6/c1-10(2,3)18-17-5-7-4-9(11(13,14)15)16-6-8(7)12;1-2/h4-6H,1-3H3;1-2H3/b17-5+;.